The van der Waals surface area contributed by atoms with E-state index < -0.39 is 0 Å². The molecular formula is C12H22. The summed E-state index contributed by atoms with van der Waals surface area (Å²) in [5, 5.41) is 0. The number of rotatable bonds is 4. The maximum Gasteiger partial charge on any atom is -0.0233 e. The Bertz CT molecular complexity index is 135. The number of allylic oxidation sites excluding steroid dienone is 2. The molecule has 0 aromatic rings. The first-order valence-corrected chi connectivity index (χ1v) is 5.55. The van der Waals surface area contributed by atoms with Gasteiger partial charge in [0, 0.05) is 0 Å². The molecule has 0 saturated carbocycles. The summed E-state index contributed by atoms with van der Waals surface area (Å²) < 4.78 is 0. The van der Waals surface area contributed by atoms with Crippen LogP contribution in [0.5, 0.6) is 0 Å². The maximum atomic E-state index is 2.47. The highest BCUT2D eigenvalue weighted by atomic mass is 14.2. The molecule has 0 aromatic heterocycles. The zero-order valence-corrected chi connectivity index (χ0v) is 8.55. The summed E-state index contributed by atoms with van der Waals surface area (Å²) in [5.74, 6) is 1.80. The van der Waals surface area contributed by atoms with Crippen LogP contribution in [0.4, 0.5) is 0 Å². The van der Waals surface area contributed by atoms with Gasteiger partial charge in [0.15, 0.2) is 0 Å². The van der Waals surface area contributed by atoms with Gasteiger partial charge in [-0.3, -0.25) is 0 Å². The highest BCUT2D eigenvalue weighted by Crippen LogP contribution is 2.27. The molecular weight excluding hydrogens is 144 g/mol. The Morgan fingerprint density at radius 2 is 1.75 bits per heavy atom. The highest BCUT2D eigenvalue weighted by molar-refractivity contribution is 4.97. The summed E-state index contributed by atoms with van der Waals surface area (Å²) in [6, 6.07) is 0. The zero-order chi connectivity index (χ0) is 8.81. The molecule has 0 N–H and O–H groups in total. The van der Waals surface area contributed by atoms with Gasteiger partial charge in [0.05, 0.1) is 0 Å². The molecule has 0 fully saturated rings. The third-order valence-corrected chi connectivity index (χ3v) is 3.02. The predicted molar refractivity (Wildman–Crippen MR) is 55.2 cm³/mol. The third-order valence-electron chi connectivity index (χ3n) is 3.02. The Kier molecular flexibility index (Phi) is 4.42. The van der Waals surface area contributed by atoms with Gasteiger partial charge in [0.1, 0.15) is 0 Å². The first-order chi connectivity index (χ1) is 5.86. The summed E-state index contributed by atoms with van der Waals surface area (Å²) in [6.07, 6.45) is 13.3. The minimum atomic E-state index is 0.892. The van der Waals surface area contributed by atoms with Gasteiger partial charge < -0.3 is 0 Å². The summed E-state index contributed by atoms with van der Waals surface area (Å²) in [6.45, 7) is 4.57. The Balaban J connectivity index is 2.23. The molecule has 0 heterocycles. The second-order valence-corrected chi connectivity index (χ2v) is 4.03. The fourth-order valence-electron chi connectivity index (χ4n) is 1.98. The SMILES string of the molecule is CCCCC1C=CC(CC)CC1. The minimum Gasteiger partial charge on any atom is -0.0852 e. The minimum absolute atomic E-state index is 0.892. The van der Waals surface area contributed by atoms with Gasteiger partial charge in [-0.15, -0.1) is 0 Å². The van der Waals surface area contributed by atoms with Crippen LogP contribution >= 0.6 is 0 Å². The van der Waals surface area contributed by atoms with Crippen molar-refractivity contribution in [3.05, 3.63) is 12.2 Å². The van der Waals surface area contributed by atoms with Gasteiger partial charge in [0.2, 0.25) is 0 Å². The van der Waals surface area contributed by atoms with Crippen LogP contribution in [0.25, 0.3) is 0 Å². The van der Waals surface area contributed by atoms with E-state index >= 15 is 0 Å². The van der Waals surface area contributed by atoms with Crippen LogP contribution < -0.4 is 0 Å². The average molecular weight is 166 g/mol. The van der Waals surface area contributed by atoms with E-state index in [9.17, 15) is 0 Å². The highest BCUT2D eigenvalue weighted by Gasteiger charge is 2.13. The van der Waals surface area contributed by atoms with E-state index in [4.69, 9.17) is 0 Å². The molecule has 1 rings (SSSR count). The molecule has 0 heteroatoms. The van der Waals surface area contributed by atoms with Gasteiger partial charge in [-0.05, 0) is 37.5 Å². The molecule has 1 aliphatic rings. The Morgan fingerprint density at radius 1 is 1.08 bits per heavy atom. The predicted octanol–water partition coefficient (Wildman–Crippen LogP) is 4.17. The summed E-state index contributed by atoms with van der Waals surface area (Å²) >= 11 is 0. The molecule has 0 nitrogen and oxygen atoms in total. The molecule has 0 aliphatic heterocycles. The fourth-order valence-corrected chi connectivity index (χ4v) is 1.98. The number of unbranched alkanes of at least 4 members (excludes halogenated alkanes) is 1. The van der Waals surface area contributed by atoms with E-state index in [-0.39, 0.29) is 0 Å². The van der Waals surface area contributed by atoms with Gasteiger partial charge >= 0.3 is 0 Å². The van der Waals surface area contributed by atoms with E-state index in [1.165, 1.54) is 38.5 Å². The summed E-state index contributed by atoms with van der Waals surface area (Å²) in [4.78, 5) is 0. The third kappa shape index (κ3) is 3.00. The Labute approximate surface area is 77.1 Å². The van der Waals surface area contributed by atoms with Crippen LogP contribution in [-0.2, 0) is 0 Å². The first-order valence-electron chi connectivity index (χ1n) is 5.55. The summed E-state index contributed by atoms with van der Waals surface area (Å²) in [7, 11) is 0. The van der Waals surface area contributed by atoms with Crippen LogP contribution in [-0.4, -0.2) is 0 Å². The lowest BCUT2D eigenvalue weighted by Gasteiger charge is -2.21. The molecule has 70 valence electrons. The summed E-state index contributed by atoms with van der Waals surface area (Å²) in [5.41, 5.74) is 0. The fraction of sp³-hybridized carbons (Fsp3) is 0.833. The quantitative estimate of drug-likeness (QED) is 0.550. The molecule has 0 aromatic carbocycles. The van der Waals surface area contributed by atoms with Crippen molar-refractivity contribution in [3.63, 3.8) is 0 Å². The standard InChI is InChI=1S/C12H22/c1-3-5-6-12-9-7-11(4-2)8-10-12/h7,9,11-12H,3-6,8,10H2,1-2H3. The molecule has 0 spiro atoms. The Morgan fingerprint density at radius 3 is 2.25 bits per heavy atom. The van der Waals surface area contributed by atoms with Gasteiger partial charge in [0.25, 0.3) is 0 Å². The molecule has 0 amide bonds. The van der Waals surface area contributed by atoms with Crippen molar-refractivity contribution in [2.45, 2.75) is 52.4 Å². The van der Waals surface area contributed by atoms with Crippen LogP contribution in [0.3, 0.4) is 0 Å². The average Bonchev–Trinajstić information content (AvgIpc) is 2.15. The van der Waals surface area contributed by atoms with E-state index in [1.807, 2.05) is 0 Å². The largest absolute Gasteiger partial charge is 0.0852 e. The first kappa shape index (κ1) is 9.83. The molecule has 2 atom stereocenters. The van der Waals surface area contributed by atoms with Crippen LogP contribution in [0.15, 0.2) is 12.2 Å². The number of hydrogen-bond donors (Lipinski definition) is 0. The van der Waals surface area contributed by atoms with Crippen LogP contribution in [0.2, 0.25) is 0 Å². The topological polar surface area (TPSA) is 0 Å². The van der Waals surface area contributed by atoms with Crippen molar-refractivity contribution < 1.29 is 0 Å². The van der Waals surface area contributed by atoms with Crippen molar-refractivity contribution >= 4 is 0 Å². The van der Waals surface area contributed by atoms with Crippen molar-refractivity contribution in [1.82, 2.24) is 0 Å². The van der Waals surface area contributed by atoms with Crippen molar-refractivity contribution in [3.8, 4) is 0 Å². The molecule has 0 bridgehead atoms. The van der Waals surface area contributed by atoms with Crippen LogP contribution in [0.1, 0.15) is 52.4 Å². The number of hydrogen-bond acceptors (Lipinski definition) is 0. The lowest BCUT2D eigenvalue weighted by molar-refractivity contribution is 0.420. The second-order valence-electron chi connectivity index (χ2n) is 4.03. The second kappa shape index (κ2) is 5.40. The molecule has 1 aliphatic carbocycles. The van der Waals surface area contributed by atoms with E-state index in [0.717, 1.165) is 11.8 Å². The molecule has 12 heavy (non-hydrogen) atoms. The zero-order valence-electron chi connectivity index (χ0n) is 8.55. The lowest BCUT2D eigenvalue weighted by Crippen LogP contribution is -2.07. The Hall–Kier alpha value is -0.260. The normalized spacial score (nSPS) is 29.2. The van der Waals surface area contributed by atoms with Crippen molar-refractivity contribution in [2.24, 2.45) is 11.8 Å². The molecule has 0 radical (unpaired) electrons. The van der Waals surface area contributed by atoms with E-state index in [2.05, 4.69) is 26.0 Å². The maximum absolute atomic E-state index is 2.47. The van der Waals surface area contributed by atoms with Crippen LogP contribution in [0, 0.1) is 11.8 Å². The van der Waals surface area contributed by atoms with Gasteiger partial charge in [-0.2, -0.15) is 0 Å². The molecule has 0 saturated heterocycles. The van der Waals surface area contributed by atoms with Gasteiger partial charge in [-0.1, -0.05) is 38.8 Å². The van der Waals surface area contributed by atoms with E-state index in [0.29, 0.717) is 0 Å². The van der Waals surface area contributed by atoms with Crippen molar-refractivity contribution in [1.29, 1.82) is 0 Å². The van der Waals surface area contributed by atoms with Crippen molar-refractivity contribution in [2.75, 3.05) is 0 Å². The van der Waals surface area contributed by atoms with Gasteiger partial charge in [-0.25, -0.2) is 0 Å². The smallest absolute Gasteiger partial charge is 0.0233 e. The monoisotopic (exact) mass is 166 g/mol. The molecule has 2 unspecified atom stereocenters. The lowest BCUT2D eigenvalue weighted by atomic mass is 9.85. The van der Waals surface area contributed by atoms with E-state index in [1.54, 1.807) is 0 Å².